The molecule has 3 aromatic carbocycles. The minimum Gasteiger partial charge on any atom is -1.00 e. The predicted octanol–water partition coefficient (Wildman–Crippen LogP) is 2.15. The molecule has 4 heteroatoms. The zero-order valence-electron chi connectivity index (χ0n) is 20.5. The third kappa shape index (κ3) is 5.07. The number of allylic oxidation sites excluding steroid dienone is 1. The van der Waals surface area contributed by atoms with Gasteiger partial charge in [0, 0.05) is 0 Å². The minimum atomic E-state index is -0.867. The van der Waals surface area contributed by atoms with Crippen LogP contribution < -0.4 is 28.1 Å². The molecule has 0 bridgehead atoms. The van der Waals surface area contributed by atoms with Crippen molar-refractivity contribution >= 4 is 17.3 Å². The number of hydrogen-bond acceptors (Lipinski definition) is 0. The molecule has 0 N–H and O–H groups in total. The number of rotatable bonds is 7. The Morgan fingerprint density at radius 2 is 1.47 bits per heavy atom. The van der Waals surface area contributed by atoms with Crippen molar-refractivity contribution in [2.45, 2.75) is 61.9 Å². The quantitative estimate of drug-likeness (QED) is 0.292. The summed E-state index contributed by atoms with van der Waals surface area (Å²) in [7, 11) is -0.115. The topological polar surface area (TPSA) is 0 Å². The van der Waals surface area contributed by atoms with Gasteiger partial charge < -0.3 is 24.8 Å². The second kappa shape index (κ2) is 12.0. The summed E-state index contributed by atoms with van der Waals surface area (Å²) in [6.45, 7) is 9.81. The fourth-order valence-electron chi connectivity index (χ4n) is 5.47. The molecule has 34 heavy (non-hydrogen) atoms. The van der Waals surface area contributed by atoms with Crippen LogP contribution in [0, 0.1) is 0 Å². The van der Waals surface area contributed by atoms with Gasteiger partial charge in [0.25, 0.3) is 0 Å². The molecular weight excluding hydrogens is 553 g/mol. The molecule has 0 heterocycles. The van der Waals surface area contributed by atoms with Crippen LogP contribution in [0.4, 0.5) is 0 Å². The molecule has 0 aliphatic heterocycles. The van der Waals surface area contributed by atoms with Crippen molar-refractivity contribution in [3.63, 3.8) is 0 Å². The first-order chi connectivity index (χ1) is 15.6. The molecule has 3 aromatic rings. The van der Waals surface area contributed by atoms with Crippen LogP contribution in [0.25, 0.3) is 17.2 Å². The Balaban J connectivity index is 0.00000162. The van der Waals surface area contributed by atoms with Crippen LogP contribution in [0.2, 0.25) is 0 Å². The molecule has 0 spiro atoms. The van der Waals surface area contributed by atoms with E-state index in [2.05, 4.69) is 101 Å². The molecular formula is C30H33Cl2PZr. The molecule has 0 fully saturated rings. The Bertz CT molecular complexity index is 1160. The van der Waals surface area contributed by atoms with Gasteiger partial charge in [0.1, 0.15) is 0 Å². The average Bonchev–Trinajstić information content (AvgIpc) is 3.38. The van der Waals surface area contributed by atoms with E-state index in [1.165, 1.54) is 35.1 Å². The molecule has 5 rings (SSSR count). The van der Waals surface area contributed by atoms with Gasteiger partial charge in [0.05, 0.1) is 0 Å². The van der Waals surface area contributed by atoms with E-state index >= 15 is 0 Å². The maximum absolute atomic E-state index is 2.63. The molecule has 176 valence electrons. The maximum Gasteiger partial charge on any atom is -1.00 e. The van der Waals surface area contributed by atoms with Crippen LogP contribution in [0.15, 0.2) is 72.0 Å². The van der Waals surface area contributed by atoms with Crippen LogP contribution in [0.1, 0.15) is 66.4 Å². The molecule has 0 saturated carbocycles. The Hall–Kier alpha value is -0.707. The van der Waals surface area contributed by atoms with Crippen molar-refractivity contribution < 1.29 is 48.0 Å². The van der Waals surface area contributed by atoms with Crippen molar-refractivity contribution in [3.8, 4) is 11.1 Å². The Morgan fingerprint density at radius 3 is 2.21 bits per heavy atom. The Labute approximate surface area is 231 Å². The second-order valence-electron chi connectivity index (χ2n) is 9.36. The Kier molecular flexibility index (Phi) is 9.85. The van der Waals surface area contributed by atoms with Gasteiger partial charge in [-0.1, -0.05) is 0 Å². The largest absolute Gasteiger partial charge is 1.00 e. The van der Waals surface area contributed by atoms with Gasteiger partial charge >= 0.3 is 208 Å². The SMILES string of the molecule is CCC(C)P(C1=Cc2ccccc2[CH]1[Zr+2][c]1cccc2c1Cc1ccccc1-2)C(C)CC.[Cl-].[Cl-]. The van der Waals surface area contributed by atoms with E-state index in [-0.39, 0.29) is 32.7 Å². The fourth-order valence-corrected chi connectivity index (χ4v) is 14.2. The van der Waals surface area contributed by atoms with E-state index < -0.39 is 23.2 Å². The minimum absolute atomic E-state index is 0. The molecule has 3 atom stereocenters. The van der Waals surface area contributed by atoms with E-state index in [0.717, 1.165) is 17.7 Å². The van der Waals surface area contributed by atoms with Crippen molar-refractivity contribution in [3.05, 3.63) is 94.3 Å². The summed E-state index contributed by atoms with van der Waals surface area (Å²) < 4.78 is 2.41. The molecule has 0 amide bonds. The van der Waals surface area contributed by atoms with Crippen LogP contribution >= 0.6 is 7.92 Å². The molecule has 3 unspecified atom stereocenters. The third-order valence-corrected chi connectivity index (χ3v) is 15.9. The van der Waals surface area contributed by atoms with Gasteiger partial charge in [-0.3, -0.25) is 0 Å². The number of benzene rings is 3. The van der Waals surface area contributed by atoms with Crippen LogP contribution in [0.3, 0.4) is 0 Å². The average molecular weight is 587 g/mol. The van der Waals surface area contributed by atoms with Crippen molar-refractivity contribution in [1.82, 2.24) is 0 Å². The normalized spacial score (nSPS) is 17.6. The summed E-state index contributed by atoms with van der Waals surface area (Å²) in [4.78, 5) is 0. The summed E-state index contributed by atoms with van der Waals surface area (Å²) in [5, 5.41) is 1.82. The maximum atomic E-state index is 2.63. The Morgan fingerprint density at radius 1 is 0.824 bits per heavy atom. The standard InChI is InChI=1S/C17H24P.C13H9.2ClH.Zr/c1-5-13(3)18(14(4)6-2)17-11-15-9-7-8-10-16(15)12-17;1-3-7-12-10(5-1)9-11-6-2-4-8-13(11)12;;;/h7-14H,5-6H2,1-4H3;1-5,7-8H,9H2;2*1H;/q;;;;+2/p-2. The summed E-state index contributed by atoms with van der Waals surface area (Å²) in [6.07, 6.45) is 6.33. The second-order valence-corrected chi connectivity index (χ2v) is 15.9. The van der Waals surface area contributed by atoms with Gasteiger partial charge in [0.15, 0.2) is 0 Å². The van der Waals surface area contributed by atoms with Gasteiger partial charge in [-0.05, 0) is 0 Å². The monoisotopic (exact) mass is 584 g/mol. The molecule has 2 aliphatic rings. The number of hydrogen-bond donors (Lipinski definition) is 0. The summed E-state index contributed by atoms with van der Waals surface area (Å²) in [6, 6.07) is 25.5. The van der Waals surface area contributed by atoms with Crippen molar-refractivity contribution in [2.24, 2.45) is 0 Å². The first-order valence-electron chi connectivity index (χ1n) is 12.2. The van der Waals surface area contributed by atoms with Crippen molar-refractivity contribution in [1.29, 1.82) is 0 Å². The molecule has 0 saturated heterocycles. The van der Waals surface area contributed by atoms with Crippen LogP contribution in [0.5, 0.6) is 0 Å². The summed E-state index contributed by atoms with van der Waals surface area (Å²) >= 11 is -0.867. The number of halogens is 2. The van der Waals surface area contributed by atoms with E-state index in [1.807, 2.05) is 5.31 Å². The van der Waals surface area contributed by atoms with Crippen LogP contribution in [-0.4, -0.2) is 11.3 Å². The molecule has 2 aliphatic carbocycles. The van der Waals surface area contributed by atoms with Crippen molar-refractivity contribution in [2.75, 3.05) is 0 Å². The van der Waals surface area contributed by atoms with Gasteiger partial charge in [-0.2, -0.15) is 0 Å². The molecule has 0 radical (unpaired) electrons. The smallest absolute Gasteiger partial charge is 1.00 e. The first-order valence-corrected chi connectivity index (χ1v) is 16.3. The summed E-state index contributed by atoms with van der Waals surface area (Å²) in [5.74, 6) is 0. The zero-order valence-corrected chi connectivity index (χ0v) is 25.3. The van der Waals surface area contributed by atoms with Gasteiger partial charge in [-0.25, -0.2) is 0 Å². The number of fused-ring (bicyclic) bond motifs is 4. The molecule has 0 nitrogen and oxygen atoms in total. The van der Waals surface area contributed by atoms with Gasteiger partial charge in [-0.15, -0.1) is 0 Å². The molecule has 0 aromatic heterocycles. The van der Waals surface area contributed by atoms with Gasteiger partial charge in [0.2, 0.25) is 0 Å². The zero-order chi connectivity index (χ0) is 22.2. The van der Waals surface area contributed by atoms with E-state index in [1.54, 1.807) is 14.4 Å². The fraction of sp³-hybridized carbons (Fsp3) is 0.333. The van der Waals surface area contributed by atoms with E-state index in [9.17, 15) is 0 Å². The first kappa shape index (κ1) is 27.9. The van der Waals surface area contributed by atoms with E-state index in [0.29, 0.717) is 3.63 Å². The van der Waals surface area contributed by atoms with Crippen LogP contribution in [-0.2, 0) is 29.7 Å². The summed E-state index contributed by atoms with van der Waals surface area (Å²) in [5.41, 5.74) is 10.8. The van der Waals surface area contributed by atoms with E-state index in [4.69, 9.17) is 0 Å². The third-order valence-electron chi connectivity index (χ3n) is 7.49. The predicted molar refractivity (Wildman–Crippen MR) is 138 cm³/mol.